The summed E-state index contributed by atoms with van der Waals surface area (Å²) in [6.45, 7) is 0.412. The Morgan fingerprint density at radius 3 is 3.00 bits per heavy atom. The van der Waals surface area contributed by atoms with Crippen LogP contribution < -0.4 is 5.32 Å². The second-order valence-electron chi connectivity index (χ2n) is 1.68. The summed E-state index contributed by atoms with van der Waals surface area (Å²) in [7, 11) is 5.20. The number of carbonyl (C=O) groups is 1. The Balaban J connectivity index is 2.32. The molecule has 1 rings (SSSR count). The molecule has 1 amide bonds. The average Bonchev–Trinajstić information content (AvgIpc) is 2.14. The molecule has 1 unspecified atom stereocenters. The number of cyclic esters (lactones) is 1. The lowest BCUT2D eigenvalue weighted by atomic mass is 9.99. The fraction of sp³-hybridized carbons (Fsp3) is 0.750. The summed E-state index contributed by atoms with van der Waals surface area (Å²) in [5.74, 6) is 0. The van der Waals surface area contributed by atoms with Crippen LogP contribution in [0.25, 0.3) is 0 Å². The van der Waals surface area contributed by atoms with Crippen molar-refractivity contribution in [3.8, 4) is 0 Å². The van der Waals surface area contributed by atoms with Crippen molar-refractivity contribution in [2.45, 2.75) is 12.4 Å². The fourth-order valence-corrected chi connectivity index (χ4v) is 0.553. The van der Waals surface area contributed by atoms with Gasteiger partial charge in [-0.1, -0.05) is 6.32 Å². The SMILES string of the molecule is [B]CC1COC(=O)N1. The Labute approximate surface area is 48.8 Å². The molecule has 4 heteroatoms. The number of rotatable bonds is 1. The zero-order valence-corrected chi connectivity index (χ0v) is 4.39. The van der Waals surface area contributed by atoms with Crippen molar-refractivity contribution in [1.82, 2.24) is 5.32 Å². The first kappa shape index (κ1) is 5.47. The molecule has 0 aromatic rings. The summed E-state index contributed by atoms with van der Waals surface area (Å²) in [6, 6.07) is 0.0301. The van der Waals surface area contributed by atoms with Gasteiger partial charge in [0.2, 0.25) is 0 Å². The van der Waals surface area contributed by atoms with Gasteiger partial charge in [0, 0.05) is 0 Å². The summed E-state index contributed by atoms with van der Waals surface area (Å²) < 4.78 is 4.53. The van der Waals surface area contributed by atoms with Crippen molar-refractivity contribution >= 4 is 13.9 Å². The van der Waals surface area contributed by atoms with Crippen LogP contribution in [-0.4, -0.2) is 26.6 Å². The lowest BCUT2D eigenvalue weighted by Gasteiger charge is -1.98. The van der Waals surface area contributed by atoms with Gasteiger partial charge in [-0.05, 0) is 0 Å². The van der Waals surface area contributed by atoms with E-state index in [1.807, 2.05) is 0 Å². The number of hydrogen-bond donors (Lipinski definition) is 1. The molecule has 3 nitrogen and oxygen atoms in total. The number of hydrogen-bond acceptors (Lipinski definition) is 2. The van der Waals surface area contributed by atoms with Crippen LogP contribution in [0.2, 0.25) is 6.32 Å². The molecule has 0 aromatic heterocycles. The van der Waals surface area contributed by atoms with Crippen LogP contribution in [0.4, 0.5) is 4.79 Å². The maximum atomic E-state index is 10.2. The molecule has 2 radical (unpaired) electrons. The fourth-order valence-electron chi connectivity index (χ4n) is 0.553. The van der Waals surface area contributed by atoms with Crippen molar-refractivity contribution in [3.05, 3.63) is 0 Å². The molecule has 42 valence electrons. The average molecular weight is 111 g/mol. The smallest absolute Gasteiger partial charge is 0.407 e. The molecule has 1 fully saturated rings. The van der Waals surface area contributed by atoms with Gasteiger partial charge in [0.25, 0.3) is 0 Å². The highest BCUT2D eigenvalue weighted by Crippen LogP contribution is 1.98. The summed E-state index contributed by atoms with van der Waals surface area (Å²) >= 11 is 0. The quantitative estimate of drug-likeness (QED) is 0.471. The molecule has 0 aromatic carbocycles. The predicted octanol–water partition coefficient (Wildman–Crippen LogP) is -0.318. The van der Waals surface area contributed by atoms with Crippen LogP contribution >= 0.6 is 0 Å². The van der Waals surface area contributed by atoms with Crippen molar-refractivity contribution in [3.63, 3.8) is 0 Å². The maximum absolute atomic E-state index is 10.2. The van der Waals surface area contributed by atoms with Crippen molar-refractivity contribution < 1.29 is 9.53 Å². The minimum Gasteiger partial charge on any atom is -0.447 e. The van der Waals surface area contributed by atoms with Gasteiger partial charge >= 0.3 is 6.09 Å². The number of nitrogens with one attached hydrogen (secondary N) is 1. The minimum absolute atomic E-state index is 0.0301. The van der Waals surface area contributed by atoms with Gasteiger partial charge in [0.1, 0.15) is 6.61 Å². The zero-order valence-electron chi connectivity index (χ0n) is 4.39. The highest BCUT2D eigenvalue weighted by Gasteiger charge is 2.18. The molecule has 0 aliphatic carbocycles. The maximum Gasteiger partial charge on any atom is 0.407 e. The van der Waals surface area contributed by atoms with Crippen LogP contribution in [0.5, 0.6) is 0 Å². The first-order valence-corrected chi connectivity index (χ1v) is 2.46. The minimum atomic E-state index is -0.361. The third-order valence-electron chi connectivity index (χ3n) is 1.02. The van der Waals surface area contributed by atoms with Crippen LogP contribution in [0.3, 0.4) is 0 Å². The van der Waals surface area contributed by atoms with Crippen molar-refractivity contribution in [2.75, 3.05) is 6.61 Å². The topological polar surface area (TPSA) is 38.3 Å². The monoisotopic (exact) mass is 111 g/mol. The Morgan fingerprint density at radius 1 is 2.00 bits per heavy atom. The zero-order chi connectivity index (χ0) is 5.98. The summed E-state index contributed by atoms with van der Waals surface area (Å²) in [4.78, 5) is 10.2. The molecule has 1 atom stereocenters. The molecule has 1 saturated heterocycles. The van der Waals surface area contributed by atoms with E-state index in [9.17, 15) is 4.79 Å². The number of alkyl carbamates (subject to hydrolysis) is 1. The second-order valence-corrected chi connectivity index (χ2v) is 1.68. The highest BCUT2D eigenvalue weighted by atomic mass is 16.6. The molecule has 8 heavy (non-hydrogen) atoms. The number of carbonyl (C=O) groups excluding carboxylic acids is 1. The van der Waals surface area contributed by atoms with E-state index in [-0.39, 0.29) is 12.1 Å². The van der Waals surface area contributed by atoms with Crippen LogP contribution in [0.15, 0.2) is 0 Å². The first-order valence-electron chi connectivity index (χ1n) is 2.46. The number of ether oxygens (including phenoxy) is 1. The van der Waals surface area contributed by atoms with E-state index < -0.39 is 0 Å². The number of amides is 1. The van der Waals surface area contributed by atoms with Crippen LogP contribution in [0, 0.1) is 0 Å². The Kier molecular flexibility index (Phi) is 1.42. The molecular weight excluding hydrogens is 105 g/mol. The van der Waals surface area contributed by atoms with Gasteiger partial charge in [-0.2, -0.15) is 0 Å². The highest BCUT2D eigenvalue weighted by molar-refractivity contribution is 6.09. The van der Waals surface area contributed by atoms with Gasteiger partial charge < -0.3 is 10.1 Å². The summed E-state index contributed by atoms with van der Waals surface area (Å²) in [5.41, 5.74) is 0. The first-order chi connectivity index (χ1) is 3.83. The van der Waals surface area contributed by atoms with E-state index in [1.54, 1.807) is 0 Å². The van der Waals surface area contributed by atoms with E-state index in [0.717, 1.165) is 0 Å². The molecule has 0 spiro atoms. The van der Waals surface area contributed by atoms with E-state index >= 15 is 0 Å². The Morgan fingerprint density at radius 2 is 2.75 bits per heavy atom. The third kappa shape index (κ3) is 0.939. The lowest BCUT2D eigenvalue weighted by molar-refractivity contribution is 0.177. The molecular formula is C4H6BNO2. The van der Waals surface area contributed by atoms with Gasteiger partial charge in [-0.25, -0.2) is 4.79 Å². The van der Waals surface area contributed by atoms with E-state index in [2.05, 4.69) is 10.1 Å². The largest absolute Gasteiger partial charge is 0.447 e. The van der Waals surface area contributed by atoms with E-state index in [0.29, 0.717) is 12.9 Å². The lowest BCUT2D eigenvalue weighted by Crippen LogP contribution is -2.25. The predicted molar refractivity (Wildman–Crippen MR) is 28.8 cm³/mol. The van der Waals surface area contributed by atoms with Crippen molar-refractivity contribution in [1.29, 1.82) is 0 Å². The van der Waals surface area contributed by atoms with Crippen molar-refractivity contribution in [2.24, 2.45) is 0 Å². The van der Waals surface area contributed by atoms with E-state index in [1.165, 1.54) is 0 Å². The molecule has 0 saturated carbocycles. The Bertz CT molecular complexity index is 106. The molecule has 1 aliphatic heterocycles. The second kappa shape index (κ2) is 2.07. The van der Waals surface area contributed by atoms with Gasteiger partial charge in [0.05, 0.1) is 13.9 Å². The molecule has 1 heterocycles. The molecule has 1 N–H and O–H groups in total. The third-order valence-corrected chi connectivity index (χ3v) is 1.02. The summed E-state index contributed by atoms with van der Waals surface area (Å²) in [6.07, 6.45) is 0.0894. The van der Waals surface area contributed by atoms with E-state index in [4.69, 9.17) is 7.85 Å². The van der Waals surface area contributed by atoms with Gasteiger partial charge in [-0.15, -0.1) is 0 Å². The Hall–Kier alpha value is -0.665. The van der Waals surface area contributed by atoms with Gasteiger partial charge in [0.15, 0.2) is 0 Å². The van der Waals surface area contributed by atoms with Crippen LogP contribution in [-0.2, 0) is 4.74 Å². The molecule has 1 aliphatic rings. The normalized spacial score (nSPS) is 27.0. The standard InChI is InChI=1S/C4H6BNO2/c5-1-3-2-8-4(7)6-3/h3H,1-2H2,(H,6,7). The molecule has 0 bridgehead atoms. The summed E-state index contributed by atoms with van der Waals surface area (Å²) in [5, 5.41) is 2.52. The van der Waals surface area contributed by atoms with Gasteiger partial charge in [-0.3, -0.25) is 0 Å². The van der Waals surface area contributed by atoms with Crippen LogP contribution in [0.1, 0.15) is 0 Å².